The van der Waals surface area contributed by atoms with Crippen molar-refractivity contribution < 1.29 is 39.5 Å². The van der Waals surface area contributed by atoms with Gasteiger partial charge in [-0.3, -0.25) is 0 Å². The standard InChI is InChI=1S/C13H11F9/c1-3-8-6-4-5-7-9(8,2)10(14,15)11(16,17)12(18,19)13(20,21)22/h3-8H,1H2,2H3. The van der Waals surface area contributed by atoms with E-state index in [2.05, 4.69) is 6.58 Å². The van der Waals surface area contributed by atoms with E-state index in [0.29, 0.717) is 13.0 Å². The summed E-state index contributed by atoms with van der Waals surface area (Å²) in [6.07, 6.45) is -2.58. The fourth-order valence-electron chi connectivity index (χ4n) is 2.10. The van der Waals surface area contributed by atoms with E-state index in [9.17, 15) is 39.5 Å². The van der Waals surface area contributed by atoms with E-state index < -0.39 is 35.3 Å². The molecule has 0 aromatic carbocycles. The third kappa shape index (κ3) is 2.25. The Morgan fingerprint density at radius 1 is 0.909 bits per heavy atom. The molecule has 0 spiro atoms. The molecule has 0 bridgehead atoms. The molecule has 9 heteroatoms. The van der Waals surface area contributed by atoms with Crippen molar-refractivity contribution in [2.24, 2.45) is 11.3 Å². The Balaban J connectivity index is 3.47. The van der Waals surface area contributed by atoms with Gasteiger partial charge in [-0.15, -0.1) is 6.58 Å². The number of allylic oxidation sites excluding steroid dienone is 5. The van der Waals surface area contributed by atoms with E-state index in [1.807, 2.05) is 0 Å². The first kappa shape index (κ1) is 18.6. The van der Waals surface area contributed by atoms with Gasteiger partial charge in [0.15, 0.2) is 0 Å². The minimum Gasteiger partial charge on any atom is -0.199 e. The molecule has 0 radical (unpaired) electrons. The average molecular weight is 338 g/mol. The van der Waals surface area contributed by atoms with Crippen molar-refractivity contribution in [3.05, 3.63) is 37.0 Å². The molecule has 0 N–H and O–H groups in total. The first-order valence-corrected chi connectivity index (χ1v) is 5.85. The highest BCUT2D eigenvalue weighted by atomic mass is 19.4. The Kier molecular flexibility index (Phi) is 4.28. The Bertz CT molecular complexity index is 498. The second kappa shape index (κ2) is 5.06. The summed E-state index contributed by atoms with van der Waals surface area (Å²) in [5, 5.41) is 0. The summed E-state index contributed by atoms with van der Waals surface area (Å²) < 4.78 is 117. The molecule has 2 unspecified atom stereocenters. The molecule has 0 aliphatic heterocycles. The lowest BCUT2D eigenvalue weighted by atomic mass is 9.67. The van der Waals surface area contributed by atoms with Gasteiger partial charge in [0.1, 0.15) is 0 Å². The zero-order valence-corrected chi connectivity index (χ0v) is 11.1. The van der Waals surface area contributed by atoms with Crippen LogP contribution in [-0.2, 0) is 0 Å². The van der Waals surface area contributed by atoms with Crippen LogP contribution in [0.4, 0.5) is 39.5 Å². The third-order valence-corrected chi connectivity index (χ3v) is 3.64. The van der Waals surface area contributed by atoms with Crippen LogP contribution in [0.1, 0.15) is 6.92 Å². The normalized spacial score (nSPS) is 27.1. The molecule has 0 heterocycles. The lowest BCUT2D eigenvalue weighted by Gasteiger charge is -2.45. The minimum absolute atomic E-state index is 0.472. The van der Waals surface area contributed by atoms with Crippen molar-refractivity contribution in [2.75, 3.05) is 0 Å². The maximum absolute atomic E-state index is 14.1. The fourth-order valence-corrected chi connectivity index (χ4v) is 2.10. The molecule has 126 valence electrons. The van der Waals surface area contributed by atoms with Crippen molar-refractivity contribution in [3.63, 3.8) is 0 Å². The van der Waals surface area contributed by atoms with Crippen LogP contribution in [0.15, 0.2) is 37.0 Å². The van der Waals surface area contributed by atoms with Gasteiger partial charge >= 0.3 is 23.9 Å². The zero-order chi connectivity index (χ0) is 17.6. The highest BCUT2D eigenvalue weighted by Gasteiger charge is 2.84. The van der Waals surface area contributed by atoms with Crippen molar-refractivity contribution in [1.82, 2.24) is 0 Å². The smallest absolute Gasteiger partial charge is 0.199 e. The fraction of sp³-hybridized carbons (Fsp3) is 0.538. The van der Waals surface area contributed by atoms with E-state index in [-0.39, 0.29) is 0 Å². The summed E-state index contributed by atoms with van der Waals surface area (Å²) in [4.78, 5) is 0. The van der Waals surface area contributed by atoms with E-state index in [1.54, 1.807) is 0 Å². The van der Waals surface area contributed by atoms with E-state index in [1.165, 1.54) is 6.08 Å². The van der Waals surface area contributed by atoms with Crippen molar-refractivity contribution >= 4 is 0 Å². The Morgan fingerprint density at radius 3 is 1.82 bits per heavy atom. The Hall–Kier alpha value is -1.41. The minimum atomic E-state index is -6.90. The maximum atomic E-state index is 14.1. The van der Waals surface area contributed by atoms with Gasteiger partial charge in [-0.25, -0.2) is 0 Å². The van der Waals surface area contributed by atoms with Crippen molar-refractivity contribution in [2.45, 2.75) is 30.9 Å². The van der Waals surface area contributed by atoms with Gasteiger partial charge in [0, 0.05) is 5.92 Å². The molecule has 0 aromatic rings. The number of hydrogen-bond acceptors (Lipinski definition) is 0. The number of rotatable bonds is 4. The molecule has 0 fully saturated rings. The highest BCUT2D eigenvalue weighted by Crippen LogP contribution is 2.61. The molecular weight excluding hydrogens is 327 g/mol. The predicted octanol–water partition coefficient (Wildman–Crippen LogP) is 5.39. The molecule has 1 rings (SSSR count). The number of halogens is 9. The second-order valence-electron chi connectivity index (χ2n) is 5.01. The summed E-state index contributed by atoms with van der Waals surface area (Å²) in [6, 6.07) is 0. The summed E-state index contributed by atoms with van der Waals surface area (Å²) in [5.74, 6) is -20.8. The molecule has 1 aliphatic carbocycles. The van der Waals surface area contributed by atoms with Gasteiger partial charge in [0.05, 0.1) is 5.41 Å². The summed E-state index contributed by atoms with van der Waals surface area (Å²) in [7, 11) is 0. The van der Waals surface area contributed by atoms with Crippen LogP contribution in [0.2, 0.25) is 0 Å². The van der Waals surface area contributed by atoms with Crippen LogP contribution in [0, 0.1) is 11.3 Å². The predicted molar refractivity (Wildman–Crippen MR) is 61.0 cm³/mol. The first-order valence-electron chi connectivity index (χ1n) is 5.85. The Morgan fingerprint density at radius 2 is 1.41 bits per heavy atom. The molecule has 2 atom stereocenters. The van der Waals surface area contributed by atoms with Gasteiger partial charge in [0.2, 0.25) is 0 Å². The van der Waals surface area contributed by atoms with Crippen molar-refractivity contribution in [1.29, 1.82) is 0 Å². The highest BCUT2D eigenvalue weighted by molar-refractivity contribution is 5.28. The second-order valence-corrected chi connectivity index (χ2v) is 5.01. The van der Waals surface area contributed by atoms with E-state index >= 15 is 0 Å². The first-order chi connectivity index (χ1) is 9.67. The van der Waals surface area contributed by atoms with Gasteiger partial charge < -0.3 is 0 Å². The third-order valence-electron chi connectivity index (χ3n) is 3.64. The summed E-state index contributed by atoms with van der Waals surface area (Å²) in [5.41, 5.74) is -3.00. The maximum Gasteiger partial charge on any atom is 0.460 e. The molecule has 0 nitrogen and oxygen atoms in total. The van der Waals surface area contributed by atoms with Gasteiger partial charge in [-0.2, -0.15) is 39.5 Å². The quantitative estimate of drug-likeness (QED) is 0.476. The molecule has 0 amide bonds. The monoisotopic (exact) mass is 338 g/mol. The van der Waals surface area contributed by atoms with Gasteiger partial charge in [0.25, 0.3) is 0 Å². The molecular formula is C13H11F9. The molecule has 0 saturated carbocycles. The van der Waals surface area contributed by atoms with E-state index in [4.69, 9.17) is 0 Å². The van der Waals surface area contributed by atoms with Crippen LogP contribution in [-0.4, -0.2) is 23.9 Å². The average Bonchev–Trinajstić information content (AvgIpc) is 2.37. The number of hydrogen-bond donors (Lipinski definition) is 0. The van der Waals surface area contributed by atoms with Gasteiger partial charge in [-0.05, 0) is 6.92 Å². The molecule has 22 heavy (non-hydrogen) atoms. The lowest BCUT2D eigenvalue weighted by molar-refractivity contribution is -0.409. The molecule has 0 aromatic heterocycles. The van der Waals surface area contributed by atoms with Crippen LogP contribution < -0.4 is 0 Å². The Labute approximate surface area is 120 Å². The zero-order valence-electron chi connectivity index (χ0n) is 11.1. The molecule has 1 aliphatic rings. The van der Waals surface area contributed by atoms with E-state index in [0.717, 1.165) is 18.2 Å². The SMILES string of the molecule is C=CC1C=CC=CC1(C)C(F)(F)C(F)(F)C(F)(F)C(F)(F)F. The summed E-state index contributed by atoms with van der Waals surface area (Å²) >= 11 is 0. The summed E-state index contributed by atoms with van der Waals surface area (Å²) in [6.45, 7) is 3.59. The van der Waals surface area contributed by atoms with Gasteiger partial charge in [-0.1, -0.05) is 30.4 Å². The molecule has 0 saturated heterocycles. The van der Waals surface area contributed by atoms with Crippen molar-refractivity contribution in [3.8, 4) is 0 Å². The lowest BCUT2D eigenvalue weighted by Crippen LogP contribution is -2.66. The van der Waals surface area contributed by atoms with Crippen LogP contribution in [0.25, 0.3) is 0 Å². The van der Waals surface area contributed by atoms with Crippen LogP contribution >= 0.6 is 0 Å². The van der Waals surface area contributed by atoms with Crippen LogP contribution in [0.5, 0.6) is 0 Å². The largest absolute Gasteiger partial charge is 0.460 e. The number of alkyl halides is 9. The van der Waals surface area contributed by atoms with Crippen LogP contribution in [0.3, 0.4) is 0 Å². The topological polar surface area (TPSA) is 0 Å².